The van der Waals surface area contributed by atoms with E-state index in [1.165, 1.54) is 5.56 Å². The monoisotopic (exact) mass is 207 g/mol. The zero-order chi connectivity index (χ0) is 9.80. The first-order chi connectivity index (χ1) is 6.90. The molecule has 0 radical (unpaired) electrons. The summed E-state index contributed by atoms with van der Waals surface area (Å²) in [6, 6.07) is 10.3. The summed E-state index contributed by atoms with van der Waals surface area (Å²) in [6.07, 6.45) is 0.187. The summed E-state index contributed by atoms with van der Waals surface area (Å²) in [5.41, 5.74) is 1.24. The molecule has 0 aliphatic carbocycles. The Labute approximate surface area is 88.4 Å². The van der Waals surface area contributed by atoms with Crippen molar-refractivity contribution in [2.45, 2.75) is 13.0 Å². The van der Waals surface area contributed by atoms with Crippen molar-refractivity contribution < 1.29 is 4.74 Å². The molecule has 0 bridgehead atoms. The van der Waals surface area contributed by atoms with Gasteiger partial charge in [0.1, 0.15) is 6.10 Å². The average Bonchev–Trinajstić information content (AvgIpc) is 2.68. The Bertz CT molecular complexity index is 323. The molecule has 1 aromatic rings. The molecule has 1 unspecified atom stereocenters. The van der Waals surface area contributed by atoms with Gasteiger partial charge in [0.15, 0.2) is 0 Å². The fourth-order valence-corrected chi connectivity index (χ4v) is 2.34. The first kappa shape index (κ1) is 9.59. The smallest absolute Gasteiger partial charge is 0.246 e. The average molecular weight is 207 g/mol. The maximum absolute atomic E-state index is 5.70. The lowest BCUT2D eigenvalue weighted by Gasteiger charge is -2.08. The fourth-order valence-electron chi connectivity index (χ4n) is 1.38. The third kappa shape index (κ3) is 2.10. The summed E-state index contributed by atoms with van der Waals surface area (Å²) in [5, 5.41) is 0.835. The van der Waals surface area contributed by atoms with Crippen molar-refractivity contribution in [2.75, 3.05) is 12.3 Å². The number of hydrogen-bond acceptors (Lipinski definition) is 3. The largest absolute Gasteiger partial charge is 0.464 e. The molecule has 0 saturated carbocycles. The highest BCUT2D eigenvalue weighted by Gasteiger charge is 2.23. The van der Waals surface area contributed by atoms with Gasteiger partial charge in [0.05, 0.1) is 0 Å². The van der Waals surface area contributed by atoms with Crippen molar-refractivity contribution in [2.24, 2.45) is 4.99 Å². The lowest BCUT2D eigenvalue weighted by molar-refractivity contribution is 0.235. The Morgan fingerprint density at radius 1 is 1.43 bits per heavy atom. The number of thioether (sulfide) groups is 1. The van der Waals surface area contributed by atoms with E-state index in [9.17, 15) is 0 Å². The van der Waals surface area contributed by atoms with E-state index in [1.807, 2.05) is 25.1 Å². The molecule has 1 aliphatic heterocycles. The van der Waals surface area contributed by atoms with E-state index < -0.39 is 0 Å². The van der Waals surface area contributed by atoms with Gasteiger partial charge in [-0.05, 0) is 12.5 Å². The molecule has 14 heavy (non-hydrogen) atoms. The predicted octanol–water partition coefficient (Wildman–Crippen LogP) is 2.87. The second kappa shape index (κ2) is 4.51. The Morgan fingerprint density at radius 2 is 2.21 bits per heavy atom. The Kier molecular flexibility index (Phi) is 3.09. The Balaban J connectivity index is 2.06. The molecular formula is C11H13NOS. The zero-order valence-corrected chi connectivity index (χ0v) is 8.96. The van der Waals surface area contributed by atoms with Gasteiger partial charge in [-0.25, -0.2) is 4.99 Å². The van der Waals surface area contributed by atoms with Gasteiger partial charge in [0.25, 0.3) is 0 Å². The minimum atomic E-state index is 0.187. The van der Waals surface area contributed by atoms with Crippen molar-refractivity contribution >= 4 is 17.0 Å². The van der Waals surface area contributed by atoms with Crippen LogP contribution in [0.3, 0.4) is 0 Å². The van der Waals surface area contributed by atoms with Crippen molar-refractivity contribution in [1.29, 1.82) is 0 Å². The highest BCUT2D eigenvalue weighted by molar-refractivity contribution is 8.13. The van der Waals surface area contributed by atoms with Crippen molar-refractivity contribution in [1.82, 2.24) is 0 Å². The number of nitrogens with zero attached hydrogens (tertiary/aromatic N) is 1. The molecule has 1 aliphatic rings. The van der Waals surface area contributed by atoms with Gasteiger partial charge in [0.2, 0.25) is 5.23 Å². The molecule has 1 atom stereocenters. The van der Waals surface area contributed by atoms with Crippen LogP contribution in [-0.4, -0.2) is 17.5 Å². The lowest BCUT2D eigenvalue weighted by atomic mass is 10.1. The molecule has 2 rings (SSSR count). The molecule has 0 spiro atoms. The fraction of sp³-hybridized carbons (Fsp3) is 0.364. The number of hydrogen-bond donors (Lipinski definition) is 0. The second-order valence-corrected chi connectivity index (χ2v) is 4.04. The van der Waals surface area contributed by atoms with E-state index in [4.69, 9.17) is 4.74 Å². The molecule has 3 heteroatoms. The summed E-state index contributed by atoms with van der Waals surface area (Å²) in [7, 11) is 0. The number of aliphatic imine (C=N–C) groups is 1. The molecule has 1 aromatic carbocycles. The highest BCUT2D eigenvalue weighted by Crippen LogP contribution is 2.31. The van der Waals surface area contributed by atoms with Crippen LogP contribution < -0.4 is 0 Å². The van der Waals surface area contributed by atoms with Gasteiger partial charge in [-0.3, -0.25) is 0 Å². The minimum Gasteiger partial charge on any atom is -0.464 e. The molecule has 0 N–H and O–H groups in total. The summed E-state index contributed by atoms with van der Waals surface area (Å²) in [5.74, 6) is 0.975. The zero-order valence-electron chi connectivity index (χ0n) is 8.14. The summed E-state index contributed by atoms with van der Waals surface area (Å²) < 4.78 is 5.70. The van der Waals surface area contributed by atoms with Gasteiger partial charge in [-0.2, -0.15) is 0 Å². The van der Waals surface area contributed by atoms with Crippen LogP contribution in [0.15, 0.2) is 35.3 Å². The van der Waals surface area contributed by atoms with Crippen LogP contribution in [0.1, 0.15) is 18.6 Å². The maximum atomic E-state index is 5.70. The molecule has 74 valence electrons. The van der Waals surface area contributed by atoms with Crippen LogP contribution in [0.2, 0.25) is 0 Å². The topological polar surface area (TPSA) is 21.6 Å². The summed E-state index contributed by atoms with van der Waals surface area (Å²) >= 11 is 1.70. The van der Waals surface area contributed by atoms with E-state index in [0.717, 1.165) is 17.5 Å². The molecule has 1 heterocycles. The van der Waals surface area contributed by atoms with Crippen LogP contribution >= 0.6 is 11.8 Å². The van der Waals surface area contributed by atoms with E-state index in [1.54, 1.807) is 11.8 Å². The number of ether oxygens (including phenoxy) is 1. The maximum Gasteiger partial charge on any atom is 0.246 e. The molecule has 1 saturated heterocycles. The third-order valence-corrected chi connectivity index (χ3v) is 3.00. The van der Waals surface area contributed by atoms with Gasteiger partial charge in [-0.15, -0.1) is 0 Å². The first-order valence-electron chi connectivity index (χ1n) is 4.79. The third-order valence-electron chi connectivity index (χ3n) is 2.06. The first-order valence-corrected chi connectivity index (χ1v) is 5.77. The number of benzene rings is 1. The quantitative estimate of drug-likeness (QED) is 0.743. The van der Waals surface area contributed by atoms with Crippen LogP contribution in [0.4, 0.5) is 0 Å². The van der Waals surface area contributed by atoms with Gasteiger partial charge in [0, 0.05) is 12.3 Å². The SMILES string of the molecule is CCN=C1OC(c2ccccc2)CS1. The van der Waals surface area contributed by atoms with E-state index in [0.29, 0.717) is 0 Å². The second-order valence-electron chi connectivity index (χ2n) is 3.07. The van der Waals surface area contributed by atoms with Crippen LogP contribution in [-0.2, 0) is 4.74 Å². The van der Waals surface area contributed by atoms with Crippen LogP contribution in [0.5, 0.6) is 0 Å². The molecule has 0 amide bonds. The molecule has 1 fully saturated rings. The van der Waals surface area contributed by atoms with E-state index >= 15 is 0 Å². The lowest BCUT2D eigenvalue weighted by Crippen LogP contribution is -2.00. The minimum absolute atomic E-state index is 0.187. The molecule has 0 aromatic heterocycles. The van der Waals surface area contributed by atoms with Gasteiger partial charge < -0.3 is 4.74 Å². The Morgan fingerprint density at radius 3 is 2.93 bits per heavy atom. The Hall–Kier alpha value is -0.960. The summed E-state index contributed by atoms with van der Waals surface area (Å²) in [6.45, 7) is 2.82. The van der Waals surface area contributed by atoms with E-state index in [-0.39, 0.29) is 6.10 Å². The molecule has 2 nitrogen and oxygen atoms in total. The molecular weight excluding hydrogens is 194 g/mol. The van der Waals surface area contributed by atoms with Gasteiger partial charge in [-0.1, -0.05) is 42.1 Å². The highest BCUT2D eigenvalue weighted by atomic mass is 32.2. The van der Waals surface area contributed by atoms with Crippen LogP contribution in [0, 0.1) is 0 Å². The van der Waals surface area contributed by atoms with Gasteiger partial charge >= 0.3 is 0 Å². The van der Waals surface area contributed by atoms with E-state index in [2.05, 4.69) is 17.1 Å². The predicted molar refractivity (Wildman–Crippen MR) is 60.7 cm³/mol. The van der Waals surface area contributed by atoms with Crippen molar-refractivity contribution in [3.8, 4) is 0 Å². The standard InChI is InChI=1S/C11H13NOS/c1-2-12-11-13-10(8-14-11)9-6-4-3-5-7-9/h3-7,10H,2,8H2,1H3. The summed E-state index contributed by atoms with van der Waals surface area (Å²) in [4.78, 5) is 4.26. The van der Waals surface area contributed by atoms with Crippen molar-refractivity contribution in [3.05, 3.63) is 35.9 Å². The van der Waals surface area contributed by atoms with Crippen LogP contribution in [0.25, 0.3) is 0 Å². The van der Waals surface area contributed by atoms with Crippen molar-refractivity contribution in [3.63, 3.8) is 0 Å². The number of rotatable bonds is 2. The normalized spacial score (nSPS) is 23.8.